The van der Waals surface area contributed by atoms with Gasteiger partial charge in [-0.2, -0.15) is 10.5 Å². The lowest BCUT2D eigenvalue weighted by molar-refractivity contribution is 1.20. The molecule has 0 saturated heterocycles. The third-order valence-corrected chi connectivity index (χ3v) is 11.0. The fraction of sp³-hybridized carbons (Fsp3) is 0. The van der Waals surface area contributed by atoms with Crippen molar-refractivity contribution in [3.63, 3.8) is 0 Å². The van der Waals surface area contributed by atoms with Crippen molar-refractivity contribution in [3.8, 4) is 29.0 Å². The Labute approximate surface area is 254 Å². The van der Waals surface area contributed by atoms with Crippen LogP contribution in [0.3, 0.4) is 0 Å². The number of para-hydroxylation sites is 1. The summed E-state index contributed by atoms with van der Waals surface area (Å²) in [7, 11) is 0. The van der Waals surface area contributed by atoms with Crippen LogP contribution in [0.15, 0.2) is 115 Å². The normalized spacial score (nSPS) is 11.7. The van der Waals surface area contributed by atoms with Crippen LogP contribution in [0, 0.1) is 22.7 Å². The van der Waals surface area contributed by atoms with Crippen LogP contribution in [0.25, 0.3) is 79.0 Å². The fourth-order valence-corrected chi connectivity index (χ4v) is 9.06. The predicted octanol–water partition coefficient (Wildman–Crippen LogP) is 10.9. The first-order valence-electron chi connectivity index (χ1n) is 14.0. The van der Waals surface area contributed by atoms with Gasteiger partial charge in [-0.05, 0) is 59.7 Å². The van der Waals surface area contributed by atoms with Gasteiger partial charge in [0.25, 0.3) is 0 Å². The molecule has 0 radical (unpaired) electrons. The maximum atomic E-state index is 10.4. The Bertz CT molecular complexity index is 2710. The number of hydrogen-bond acceptors (Lipinski definition) is 4. The highest BCUT2D eigenvalue weighted by atomic mass is 32.1. The topological polar surface area (TPSA) is 52.5 Å². The maximum absolute atomic E-state index is 10.4. The van der Waals surface area contributed by atoms with Gasteiger partial charge in [0, 0.05) is 41.7 Å². The molecule has 0 fully saturated rings. The minimum atomic E-state index is 0.648. The van der Waals surface area contributed by atoms with E-state index in [0.717, 1.165) is 58.8 Å². The molecule has 0 bridgehead atoms. The minimum Gasteiger partial charge on any atom is -0.308 e. The number of nitriles is 2. The van der Waals surface area contributed by atoms with E-state index in [1.165, 1.54) is 20.2 Å². The van der Waals surface area contributed by atoms with E-state index in [9.17, 15) is 10.5 Å². The summed E-state index contributed by atoms with van der Waals surface area (Å²) in [5, 5.41) is 26.9. The molecule has 0 spiro atoms. The summed E-state index contributed by atoms with van der Waals surface area (Å²) in [5.41, 5.74) is 6.79. The van der Waals surface area contributed by atoms with Gasteiger partial charge in [-0.25, -0.2) is 0 Å². The second-order valence-electron chi connectivity index (χ2n) is 10.7. The van der Waals surface area contributed by atoms with Crippen LogP contribution in [-0.2, 0) is 0 Å². The molecule has 0 unspecified atom stereocenters. The van der Waals surface area contributed by atoms with Crippen LogP contribution in [0.1, 0.15) is 11.1 Å². The molecule has 0 aliphatic carbocycles. The van der Waals surface area contributed by atoms with Crippen LogP contribution in [-0.4, -0.2) is 4.57 Å². The monoisotopic (exact) mass is 581 g/mol. The summed E-state index contributed by atoms with van der Waals surface area (Å²) in [6.45, 7) is 0. The molecule has 0 aliphatic heterocycles. The van der Waals surface area contributed by atoms with Gasteiger partial charge >= 0.3 is 0 Å². The molecular formula is C38H19N3S2. The molecule has 0 atom stereocenters. The summed E-state index contributed by atoms with van der Waals surface area (Å²) < 4.78 is 6.96. The van der Waals surface area contributed by atoms with Crippen molar-refractivity contribution in [1.29, 1.82) is 10.5 Å². The SMILES string of the molecule is N#Cc1ccc2c(c1)c1ccccc1n2-c1cccc2c1sc1c(C#N)cc(-c3cccc4c3sc3ccccc34)cc12. The van der Waals surface area contributed by atoms with Crippen molar-refractivity contribution < 1.29 is 0 Å². The molecule has 3 nitrogen and oxygen atoms in total. The average molecular weight is 582 g/mol. The number of rotatable bonds is 2. The van der Waals surface area contributed by atoms with E-state index in [0.29, 0.717) is 11.1 Å². The van der Waals surface area contributed by atoms with Gasteiger partial charge in [0.05, 0.1) is 43.3 Å². The molecule has 9 rings (SSSR count). The highest BCUT2D eigenvalue weighted by molar-refractivity contribution is 7.27. The summed E-state index contributed by atoms with van der Waals surface area (Å²) in [6, 6.07) is 44.9. The number of aromatic nitrogens is 1. The molecule has 198 valence electrons. The van der Waals surface area contributed by atoms with E-state index in [-0.39, 0.29) is 0 Å². The first kappa shape index (κ1) is 24.2. The maximum Gasteiger partial charge on any atom is 0.101 e. The lowest BCUT2D eigenvalue weighted by atomic mass is 9.98. The van der Waals surface area contributed by atoms with Gasteiger partial charge in [0.15, 0.2) is 0 Å². The van der Waals surface area contributed by atoms with Gasteiger partial charge < -0.3 is 4.57 Å². The zero-order chi connectivity index (χ0) is 28.7. The minimum absolute atomic E-state index is 0.648. The van der Waals surface area contributed by atoms with Crippen molar-refractivity contribution in [2.24, 2.45) is 0 Å². The summed E-state index contributed by atoms with van der Waals surface area (Å²) in [5.74, 6) is 0. The Hall–Kier alpha value is -5.46. The Balaban J connectivity index is 1.34. The van der Waals surface area contributed by atoms with Crippen LogP contribution in [0.2, 0.25) is 0 Å². The highest BCUT2D eigenvalue weighted by Gasteiger charge is 2.19. The Morgan fingerprint density at radius 2 is 1.26 bits per heavy atom. The number of thiophene rings is 2. The Morgan fingerprint density at radius 1 is 0.512 bits per heavy atom. The predicted molar refractivity (Wildman–Crippen MR) is 181 cm³/mol. The van der Waals surface area contributed by atoms with Crippen LogP contribution < -0.4 is 0 Å². The number of hydrogen-bond donors (Lipinski definition) is 0. The fourth-order valence-electron chi connectivity index (χ4n) is 6.58. The number of nitrogens with zero attached hydrogens (tertiary/aromatic N) is 3. The second-order valence-corrected chi connectivity index (χ2v) is 12.8. The zero-order valence-corrected chi connectivity index (χ0v) is 24.3. The van der Waals surface area contributed by atoms with Crippen molar-refractivity contribution in [2.45, 2.75) is 0 Å². The third-order valence-electron chi connectivity index (χ3n) is 8.46. The highest BCUT2D eigenvalue weighted by Crippen LogP contribution is 2.45. The van der Waals surface area contributed by atoms with Crippen LogP contribution >= 0.6 is 22.7 Å². The molecule has 9 aromatic rings. The summed E-state index contributed by atoms with van der Waals surface area (Å²) >= 11 is 3.49. The zero-order valence-electron chi connectivity index (χ0n) is 22.6. The van der Waals surface area contributed by atoms with Crippen LogP contribution in [0.5, 0.6) is 0 Å². The first-order valence-corrected chi connectivity index (χ1v) is 15.6. The van der Waals surface area contributed by atoms with Crippen molar-refractivity contribution in [3.05, 3.63) is 126 Å². The van der Waals surface area contributed by atoms with Crippen molar-refractivity contribution in [1.82, 2.24) is 4.57 Å². The van der Waals surface area contributed by atoms with Gasteiger partial charge in [-0.15, -0.1) is 22.7 Å². The molecule has 3 aromatic heterocycles. The average Bonchev–Trinajstić information content (AvgIpc) is 3.73. The van der Waals surface area contributed by atoms with Gasteiger partial charge in [0.2, 0.25) is 0 Å². The quantitative estimate of drug-likeness (QED) is 0.204. The van der Waals surface area contributed by atoms with Gasteiger partial charge in [-0.1, -0.05) is 66.7 Å². The van der Waals surface area contributed by atoms with E-state index >= 15 is 0 Å². The van der Waals surface area contributed by atoms with E-state index in [1.807, 2.05) is 35.6 Å². The smallest absolute Gasteiger partial charge is 0.101 e. The molecule has 43 heavy (non-hydrogen) atoms. The van der Waals surface area contributed by atoms with E-state index in [1.54, 1.807) is 11.3 Å². The number of fused-ring (bicyclic) bond motifs is 9. The van der Waals surface area contributed by atoms with Crippen LogP contribution in [0.4, 0.5) is 0 Å². The molecule has 0 aliphatic rings. The Kier molecular flexibility index (Phi) is 5.07. The molecule has 0 amide bonds. The standard InChI is InChI=1S/C38H19N3S2/c39-20-22-15-16-33-30(17-22)26-7-1-3-12-32(26)41(33)34-13-6-11-29-31-19-23(18-24(21-40)36(31)43-38(29)34)25-9-5-10-28-27-8-2-4-14-35(27)42-37(25)28/h1-19H. The molecule has 0 N–H and O–H groups in total. The Morgan fingerprint density at radius 3 is 2.12 bits per heavy atom. The van der Waals surface area contributed by atoms with E-state index in [2.05, 4.69) is 108 Å². The molecule has 3 heterocycles. The molecular weight excluding hydrogens is 563 g/mol. The summed E-state index contributed by atoms with van der Waals surface area (Å²) in [4.78, 5) is 0. The molecule has 0 saturated carbocycles. The molecule has 6 aromatic carbocycles. The molecule has 5 heteroatoms. The lowest BCUT2D eigenvalue weighted by Gasteiger charge is -2.09. The first-order chi connectivity index (χ1) is 21.2. The largest absolute Gasteiger partial charge is 0.308 e. The lowest BCUT2D eigenvalue weighted by Crippen LogP contribution is -1.93. The van der Waals surface area contributed by atoms with Crippen molar-refractivity contribution in [2.75, 3.05) is 0 Å². The van der Waals surface area contributed by atoms with Gasteiger partial charge in [-0.3, -0.25) is 0 Å². The third kappa shape index (κ3) is 3.38. The van der Waals surface area contributed by atoms with Gasteiger partial charge in [0.1, 0.15) is 6.07 Å². The van der Waals surface area contributed by atoms with Crippen molar-refractivity contribution >= 4 is 84.8 Å². The van der Waals surface area contributed by atoms with E-state index < -0.39 is 0 Å². The van der Waals surface area contributed by atoms with E-state index in [4.69, 9.17) is 0 Å². The summed E-state index contributed by atoms with van der Waals surface area (Å²) in [6.07, 6.45) is 0. The second kappa shape index (κ2) is 9.02. The number of benzene rings is 6.